The van der Waals surface area contributed by atoms with Gasteiger partial charge in [0.2, 0.25) is 0 Å². The van der Waals surface area contributed by atoms with Crippen molar-refractivity contribution < 1.29 is 15.1 Å². The van der Waals surface area contributed by atoms with Gasteiger partial charge in [-0.05, 0) is 31.6 Å². The minimum atomic E-state index is -0.655. The first kappa shape index (κ1) is 10.4. The summed E-state index contributed by atoms with van der Waals surface area (Å²) in [6, 6.07) is -0.655. The van der Waals surface area contributed by atoms with E-state index in [9.17, 15) is 9.90 Å². The molecule has 1 saturated carbocycles. The van der Waals surface area contributed by atoms with Crippen LogP contribution in [-0.4, -0.2) is 28.4 Å². The summed E-state index contributed by atoms with van der Waals surface area (Å²) in [6.07, 6.45) is 2.63. The van der Waals surface area contributed by atoms with Crippen molar-refractivity contribution in [3.05, 3.63) is 0 Å². The molecule has 1 atom stereocenters. The van der Waals surface area contributed by atoms with Crippen molar-refractivity contribution >= 4 is 5.91 Å². The molecule has 0 saturated heterocycles. The van der Waals surface area contributed by atoms with E-state index >= 15 is 0 Å². The lowest BCUT2D eigenvalue weighted by Crippen LogP contribution is -2.45. The zero-order valence-electron chi connectivity index (χ0n) is 7.44. The summed E-state index contributed by atoms with van der Waals surface area (Å²) >= 11 is 0. The van der Waals surface area contributed by atoms with E-state index < -0.39 is 11.9 Å². The quantitative estimate of drug-likeness (QED) is 0.343. The Morgan fingerprint density at radius 3 is 2.38 bits per heavy atom. The Labute approximate surface area is 76.9 Å². The number of rotatable bonds is 2. The van der Waals surface area contributed by atoms with Crippen molar-refractivity contribution in [3.63, 3.8) is 0 Å². The SMILES string of the molecule is NC(C(=O)NO)C1CCC(O)CC1. The van der Waals surface area contributed by atoms with Gasteiger partial charge in [0.1, 0.15) is 0 Å². The van der Waals surface area contributed by atoms with Gasteiger partial charge in [-0.2, -0.15) is 0 Å². The lowest BCUT2D eigenvalue weighted by atomic mass is 9.83. The van der Waals surface area contributed by atoms with E-state index in [0.29, 0.717) is 12.8 Å². The summed E-state index contributed by atoms with van der Waals surface area (Å²) in [6.45, 7) is 0. The summed E-state index contributed by atoms with van der Waals surface area (Å²) < 4.78 is 0. The second-order valence-electron chi connectivity index (χ2n) is 3.57. The van der Waals surface area contributed by atoms with E-state index in [1.807, 2.05) is 0 Å². The first-order chi connectivity index (χ1) is 6.15. The Kier molecular flexibility index (Phi) is 3.65. The molecule has 1 aliphatic carbocycles. The molecule has 1 unspecified atom stereocenters. The minimum absolute atomic E-state index is 0.0792. The van der Waals surface area contributed by atoms with Crippen LogP contribution in [0.2, 0.25) is 0 Å². The molecule has 0 aliphatic heterocycles. The number of nitrogens with two attached hydrogens (primary N) is 1. The van der Waals surface area contributed by atoms with Crippen LogP contribution in [-0.2, 0) is 4.79 Å². The van der Waals surface area contributed by atoms with E-state index in [4.69, 9.17) is 10.9 Å². The number of aliphatic hydroxyl groups is 1. The molecule has 1 fully saturated rings. The molecule has 0 aromatic heterocycles. The van der Waals surface area contributed by atoms with Crippen molar-refractivity contribution in [1.29, 1.82) is 0 Å². The maximum atomic E-state index is 10.9. The van der Waals surface area contributed by atoms with Crippen LogP contribution in [0.3, 0.4) is 0 Å². The van der Waals surface area contributed by atoms with Crippen LogP contribution in [0.1, 0.15) is 25.7 Å². The molecule has 0 aromatic carbocycles. The lowest BCUT2D eigenvalue weighted by molar-refractivity contribution is -0.132. The predicted octanol–water partition coefficient (Wildman–Crippen LogP) is -0.630. The number of nitrogens with one attached hydrogen (secondary N) is 1. The van der Waals surface area contributed by atoms with Crippen molar-refractivity contribution in [3.8, 4) is 0 Å². The van der Waals surface area contributed by atoms with Crippen molar-refractivity contribution in [2.24, 2.45) is 11.7 Å². The molecule has 1 amide bonds. The molecule has 5 N–H and O–H groups in total. The van der Waals surface area contributed by atoms with Gasteiger partial charge in [-0.25, -0.2) is 5.48 Å². The fourth-order valence-corrected chi connectivity index (χ4v) is 1.75. The standard InChI is InChI=1S/C8H16N2O3/c9-7(8(12)10-13)5-1-3-6(11)4-2-5/h5-7,11,13H,1-4,9H2,(H,10,12). The Morgan fingerprint density at radius 1 is 1.38 bits per heavy atom. The molecule has 0 bridgehead atoms. The molecule has 0 heterocycles. The van der Waals surface area contributed by atoms with Crippen molar-refractivity contribution in [2.45, 2.75) is 37.8 Å². The van der Waals surface area contributed by atoms with Crippen LogP contribution in [0.4, 0.5) is 0 Å². The van der Waals surface area contributed by atoms with Gasteiger partial charge >= 0.3 is 0 Å². The number of amides is 1. The molecule has 1 aliphatic rings. The Balaban J connectivity index is 2.39. The third-order valence-corrected chi connectivity index (χ3v) is 2.66. The fourth-order valence-electron chi connectivity index (χ4n) is 1.75. The van der Waals surface area contributed by atoms with Gasteiger partial charge in [-0.3, -0.25) is 10.0 Å². The van der Waals surface area contributed by atoms with Gasteiger partial charge in [0.25, 0.3) is 5.91 Å². The second kappa shape index (κ2) is 4.55. The highest BCUT2D eigenvalue weighted by Crippen LogP contribution is 2.25. The molecule has 13 heavy (non-hydrogen) atoms. The highest BCUT2D eigenvalue weighted by molar-refractivity contribution is 5.80. The number of aliphatic hydroxyl groups excluding tert-OH is 1. The molecule has 0 aromatic rings. The highest BCUT2D eigenvalue weighted by Gasteiger charge is 2.28. The van der Waals surface area contributed by atoms with Crippen LogP contribution >= 0.6 is 0 Å². The zero-order valence-corrected chi connectivity index (χ0v) is 7.44. The third kappa shape index (κ3) is 2.65. The van der Waals surface area contributed by atoms with Gasteiger partial charge in [0.05, 0.1) is 12.1 Å². The highest BCUT2D eigenvalue weighted by atomic mass is 16.5. The number of carbonyl (C=O) groups is 1. The molecule has 5 heteroatoms. The molecule has 1 rings (SSSR count). The average molecular weight is 188 g/mol. The maximum Gasteiger partial charge on any atom is 0.260 e. The van der Waals surface area contributed by atoms with Crippen LogP contribution < -0.4 is 11.2 Å². The van der Waals surface area contributed by atoms with Gasteiger partial charge in [-0.15, -0.1) is 0 Å². The average Bonchev–Trinajstić information content (AvgIpc) is 2.17. The van der Waals surface area contributed by atoms with E-state index in [2.05, 4.69) is 0 Å². The Bertz CT molecular complexity index is 178. The van der Waals surface area contributed by atoms with E-state index in [-0.39, 0.29) is 12.0 Å². The van der Waals surface area contributed by atoms with Crippen LogP contribution in [0.25, 0.3) is 0 Å². The zero-order chi connectivity index (χ0) is 9.84. The number of carbonyl (C=O) groups excluding carboxylic acids is 1. The van der Waals surface area contributed by atoms with Crippen LogP contribution in [0, 0.1) is 5.92 Å². The van der Waals surface area contributed by atoms with E-state index in [1.165, 1.54) is 0 Å². The molecule has 0 radical (unpaired) electrons. The topological polar surface area (TPSA) is 95.6 Å². The minimum Gasteiger partial charge on any atom is -0.393 e. The van der Waals surface area contributed by atoms with Crippen LogP contribution in [0.5, 0.6) is 0 Å². The molecule has 5 nitrogen and oxygen atoms in total. The van der Waals surface area contributed by atoms with Gasteiger partial charge < -0.3 is 10.8 Å². The van der Waals surface area contributed by atoms with Gasteiger partial charge in [0.15, 0.2) is 0 Å². The Morgan fingerprint density at radius 2 is 1.92 bits per heavy atom. The van der Waals surface area contributed by atoms with Gasteiger partial charge in [-0.1, -0.05) is 0 Å². The van der Waals surface area contributed by atoms with E-state index in [1.54, 1.807) is 5.48 Å². The third-order valence-electron chi connectivity index (χ3n) is 2.66. The largest absolute Gasteiger partial charge is 0.393 e. The van der Waals surface area contributed by atoms with Gasteiger partial charge in [0, 0.05) is 0 Å². The summed E-state index contributed by atoms with van der Waals surface area (Å²) in [5, 5.41) is 17.6. The van der Waals surface area contributed by atoms with E-state index in [0.717, 1.165) is 12.8 Å². The fraction of sp³-hybridized carbons (Fsp3) is 0.875. The molecule has 0 spiro atoms. The number of hydrogen-bond acceptors (Lipinski definition) is 4. The monoisotopic (exact) mass is 188 g/mol. The van der Waals surface area contributed by atoms with Crippen molar-refractivity contribution in [1.82, 2.24) is 5.48 Å². The second-order valence-corrected chi connectivity index (χ2v) is 3.57. The number of hydroxylamine groups is 1. The van der Waals surface area contributed by atoms with Crippen molar-refractivity contribution in [2.75, 3.05) is 0 Å². The first-order valence-electron chi connectivity index (χ1n) is 4.52. The molecular weight excluding hydrogens is 172 g/mol. The summed E-state index contributed by atoms with van der Waals surface area (Å²) in [4.78, 5) is 10.9. The summed E-state index contributed by atoms with van der Waals surface area (Å²) in [7, 11) is 0. The first-order valence-corrected chi connectivity index (χ1v) is 4.52. The molecular formula is C8H16N2O3. The van der Waals surface area contributed by atoms with Crippen LogP contribution in [0.15, 0.2) is 0 Å². The normalized spacial score (nSPS) is 31.0. The Hall–Kier alpha value is -0.650. The summed E-state index contributed by atoms with van der Waals surface area (Å²) in [5.74, 6) is -0.461. The number of hydrogen-bond donors (Lipinski definition) is 4. The lowest BCUT2D eigenvalue weighted by Gasteiger charge is -2.28. The summed E-state index contributed by atoms with van der Waals surface area (Å²) in [5.41, 5.74) is 7.14. The maximum absolute atomic E-state index is 10.9. The molecule has 76 valence electrons. The smallest absolute Gasteiger partial charge is 0.260 e. The predicted molar refractivity (Wildman–Crippen MR) is 45.9 cm³/mol.